The molecule has 2 aromatic rings. The molecular formula is C10H11N3O2. The Morgan fingerprint density at radius 2 is 2.33 bits per heavy atom. The number of aryl methyl sites for hydroxylation is 2. The van der Waals surface area contributed by atoms with Crippen molar-refractivity contribution in [3.05, 3.63) is 29.8 Å². The van der Waals surface area contributed by atoms with E-state index >= 15 is 0 Å². The second-order valence-electron chi connectivity index (χ2n) is 3.42. The summed E-state index contributed by atoms with van der Waals surface area (Å²) >= 11 is 0. The molecule has 78 valence electrons. The highest BCUT2D eigenvalue weighted by atomic mass is 16.4. The third-order valence-electron chi connectivity index (χ3n) is 2.34. The molecule has 2 N–H and O–H groups in total. The lowest BCUT2D eigenvalue weighted by Crippen LogP contribution is -1.95. The minimum absolute atomic E-state index is 0.297. The first-order valence-electron chi connectivity index (χ1n) is 4.49. The van der Waals surface area contributed by atoms with Crippen LogP contribution >= 0.6 is 0 Å². The van der Waals surface area contributed by atoms with Gasteiger partial charge in [0.15, 0.2) is 0 Å². The molecule has 0 amide bonds. The van der Waals surface area contributed by atoms with Gasteiger partial charge in [0.2, 0.25) is 0 Å². The highest BCUT2D eigenvalue weighted by Gasteiger charge is 2.13. The van der Waals surface area contributed by atoms with E-state index < -0.39 is 5.97 Å². The van der Waals surface area contributed by atoms with Gasteiger partial charge in [0.1, 0.15) is 0 Å². The SMILES string of the molecule is Cc1[nH]c(-c2cncn2C)cc1C(=O)O. The number of hydrogen-bond donors (Lipinski definition) is 2. The summed E-state index contributed by atoms with van der Waals surface area (Å²) in [5, 5.41) is 8.90. The van der Waals surface area contributed by atoms with Gasteiger partial charge >= 0.3 is 5.97 Å². The first-order chi connectivity index (χ1) is 7.09. The van der Waals surface area contributed by atoms with Crippen LogP contribution in [0, 0.1) is 6.92 Å². The Kier molecular flexibility index (Phi) is 2.07. The number of carboxylic acids is 1. The Labute approximate surface area is 86.4 Å². The van der Waals surface area contributed by atoms with Crippen molar-refractivity contribution in [1.29, 1.82) is 0 Å². The Morgan fingerprint density at radius 1 is 1.60 bits per heavy atom. The number of hydrogen-bond acceptors (Lipinski definition) is 2. The van der Waals surface area contributed by atoms with E-state index in [9.17, 15) is 4.79 Å². The van der Waals surface area contributed by atoms with Gasteiger partial charge < -0.3 is 14.7 Å². The monoisotopic (exact) mass is 205 g/mol. The van der Waals surface area contributed by atoms with Crippen LogP contribution in [0.15, 0.2) is 18.6 Å². The molecule has 0 atom stereocenters. The number of aromatic nitrogens is 3. The molecule has 0 radical (unpaired) electrons. The molecule has 2 rings (SSSR count). The second kappa shape index (κ2) is 3.27. The molecular weight excluding hydrogens is 194 g/mol. The van der Waals surface area contributed by atoms with E-state index in [1.54, 1.807) is 25.5 Å². The number of H-pyrrole nitrogens is 1. The Balaban J connectivity index is 2.52. The smallest absolute Gasteiger partial charge is 0.337 e. The van der Waals surface area contributed by atoms with Crippen LogP contribution in [0.25, 0.3) is 11.4 Å². The first-order valence-corrected chi connectivity index (χ1v) is 4.49. The van der Waals surface area contributed by atoms with Crippen LogP contribution in [-0.2, 0) is 7.05 Å². The fourth-order valence-electron chi connectivity index (χ4n) is 1.53. The van der Waals surface area contributed by atoms with Gasteiger partial charge in [-0.3, -0.25) is 0 Å². The van der Waals surface area contributed by atoms with Gasteiger partial charge in [-0.2, -0.15) is 0 Å². The molecule has 15 heavy (non-hydrogen) atoms. The van der Waals surface area contributed by atoms with Gasteiger partial charge in [-0.1, -0.05) is 0 Å². The zero-order valence-electron chi connectivity index (χ0n) is 8.48. The van der Waals surface area contributed by atoms with Crippen LogP contribution in [-0.4, -0.2) is 25.6 Å². The van der Waals surface area contributed by atoms with E-state index in [4.69, 9.17) is 5.11 Å². The predicted octanol–water partition coefficient (Wildman–Crippen LogP) is 1.42. The molecule has 0 fully saturated rings. The van der Waals surface area contributed by atoms with Gasteiger partial charge in [-0.05, 0) is 13.0 Å². The van der Waals surface area contributed by atoms with E-state index in [-0.39, 0.29) is 0 Å². The van der Waals surface area contributed by atoms with Crippen molar-refractivity contribution in [3.8, 4) is 11.4 Å². The summed E-state index contributed by atoms with van der Waals surface area (Å²) < 4.78 is 1.83. The zero-order chi connectivity index (χ0) is 11.0. The van der Waals surface area contributed by atoms with Gasteiger partial charge in [0, 0.05) is 12.7 Å². The maximum atomic E-state index is 10.8. The van der Waals surface area contributed by atoms with E-state index in [1.807, 2.05) is 11.6 Å². The molecule has 2 heterocycles. The summed E-state index contributed by atoms with van der Waals surface area (Å²) in [6.07, 6.45) is 3.36. The highest BCUT2D eigenvalue weighted by Crippen LogP contribution is 2.20. The second-order valence-corrected chi connectivity index (χ2v) is 3.42. The number of nitrogens with zero attached hydrogens (tertiary/aromatic N) is 2. The summed E-state index contributed by atoms with van der Waals surface area (Å²) in [5.74, 6) is -0.919. The third-order valence-corrected chi connectivity index (χ3v) is 2.34. The molecule has 0 aromatic carbocycles. The van der Waals surface area contributed by atoms with Crippen molar-refractivity contribution in [2.45, 2.75) is 6.92 Å². The molecule has 0 spiro atoms. The van der Waals surface area contributed by atoms with Gasteiger partial charge in [0.25, 0.3) is 0 Å². The minimum atomic E-state index is -0.919. The number of imidazole rings is 1. The number of rotatable bonds is 2. The molecule has 2 aromatic heterocycles. The van der Waals surface area contributed by atoms with E-state index in [2.05, 4.69) is 9.97 Å². The maximum Gasteiger partial charge on any atom is 0.337 e. The molecule has 5 heteroatoms. The van der Waals surface area contributed by atoms with Crippen LogP contribution < -0.4 is 0 Å². The third kappa shape index (κ3) is 1.52. The van der Waals surface area contributed by atoms with Crippen molar-refractivity contribution < 1.29 is 9.90 Å². The fraction of sp³-hybridized carbons (Fsp3) is 0.200. The predicted molar refractivity (Wildman–Crippen MR) is 54.7 cm³/mol. The number of aromatic carboxylic acids is 1. The summed E-state index contributed by atoms with van der Waals surface area (Å²) in [6.45, 7) is 1.74. The normalized spacial score (nSPS) is 10.5. The van der Waals surface area contributed by atoms with Crippen molar-refractivity contribution in [3.63, 3.8) is 0 Å². The molecule has 0 unspecified atom stereocenters. The molecule has 0 saturated heterocycles. The Morgan fingerprint density at radius 3 is 2.80 bits per heavy atom. The number of carboxylic acid groups (broad SMARTS) is 1. The molecule has 5 nitrogen and oxygen atoms in total. The molecule has 0 aliphatic heterocycles. The maximum absolute atomic E-state index is 10.8. The summed E-state index contributed by atoms with van der Waals surface area (Å²) in [7, 11) is 1.86. The van der Waals surface area contributed by atoms with Gasteiger partial charge in [0.05, 0.1) is 29.5 Å². The van der Waals surface area contributed by atoms with Crippen molar-refractivity contribution >= 4 is 5.97 Å². The summed E-state index contributed by atoms with van der Waals surface area (Å²) in [5.41, 5.74) is 2.58. The van der Waals surface area contributed by atoms with Crippen LogP contribution in [0.4, 0.5) is 0 Å². The average Bonchev–Trinajstić information content (AvgIpc) is 2.71. The van der Waals surface area contributed by atoms with Gasteiger partial charge in [-0.15, -0.1) is 0 Å². The lowest BCUT2D eigenvalue weighted by molar-refractivity contribution is 0.0696. The number of carbonyl (C=O) groups is 1. The quantitative estimate of drug-likeness (QED) is 0.778. The van der Waals surface area contributed by atoms with Crippen LogP contribution in [0.2, 0.25) is 0 Å². The average molecular weight is 205 g/mol. The van der Waals surface area contributed by atoms with E-state index in [1.165, 1.54) is 0 Å². The van der Waals surface area contributed by atoms with E-state index in [0.717, 1.165) is 11.4 Å². The largest absolute Gasteiger partial charge is 0.478 e. The van der Waals surface area contributed by atoms with Crippen molar-refractivity contribution in [2.24, 2.45) is 7.05 Å². The van der Waals surface area contributed by atoms with Crippen molar-refractivity contribution in [2.75, 3.05) is 0 Å². The fourth-order valence-corrected chi connectivity index (χ4v) is 1.53. The Bertz CT molecular complexity index is 510. The van der Waals surface area contributed by atoms with Crippen LogP contribution in [0.3, 0.4) is 0 Å². The molecule has 0 aliphatic rings. The lowest BCUT2D eigenvalue weighted by Gasteiger charge is -1.97. The van der Waals surface area contributed by atoms with Crippen molar-refractivity contribution in [1.82, 2.24) is 14.5 Å². The highest BCUT2D eigenvalue weighted by molar-refractivity contribution is 5.90. The van der Waals surface area contributed by atoms with Crippen LogP contribution in [0.1, 0.15) is 16.1 Å². The molecule has 0 bridgehead atoms. The minimum Gasteiger partial charge on any atom is -0.478 e. The topological polar surface area (TPSA) is 70.9 Å². The lowest BCUT2D eigenvalue weighted by atomic mass is 10.2. The van der Waals surface area contributed by atoms with Gasteiger partial charge in [-0.25, -0.2) is 9.78 Å². The van der Waals surface area contributed by atoms with E-state index in [0.29, 0.717) is 11.3 Å². The number of aromatic amines is 1. The zero-order valence-corrected chi connectivity index (χ0v) is 8.48. The standard InChI is InChI=1S/C10H11N3O2/c1-6-7(10(14)15)3-8(12-6)9-4-11-5-13(9)2/h3-5,12H,1-2H3,(H,14,15). The summed E-state index contributed by atoms with van der Waals surface area (Å²) in [4.78, 5) is 17.9. The summed E-state index contributed by atoms with van der Waals surface area (Å²) in [6, 6.07) is 1.62. The molecule has 0 aliphatic carbocycles. The molecule has 0 saturated carbocycles. The number of nitrogens with one attached hydrogen (secondary N) is 1. The Hall–Kier alpha value is -2.04. The first kappa shape index (κ1) is 9.51. The van der Waals surface area contributed by atoms with Crippen LogP contribution in [0.5, 0.6) is 0 Å².